The normalized spacial score (nSPS) is 13.6. The van der Waals surface area contributed by atoms with E-state index in [1.54, 1.807) is 6.92 Å². The molecule has 0 amide bonds. The molecule has 0 aromatic heterocycles. The molecule has 0 aliphatic rings. The average molecular weight is 245 g/mol. The summed E-state index contributed by atoms with van der Waals surface area (Å²) in [6, 6.07) is 5.18. The number of rotatable bonds is 5. The third-order valence-corrected chi connectivity index (χ3v) is 3.49. The van der Waals surface area contributed by atoms with E-state index in [0.717, 1.165) is 0 Å². The fraction of sp³-hybridized carbons (Fsp3) is 0.400. The van der Waals surface area contributed by atoms with Crippen molar-refractivity contribution in [2.75, 3.05) is 13.7 Å². The van der Waals surface area contributed by atoms with Gasteiger partial charge in [-0.3, -0.25) is 0 Å². The van der Waals surface area contributed by atoms with Crippen LogP contribution in [0.3, 0.4) is 0 Å². The largest absolute Gasteiger partial charge is 0.508 e. The topological polar surface area (TPSA) is 75.6 Å². The highest BCUT2D eigenvalue weighted by Gasteiger charge is 2.17. The van der Waals surface area contributed by atoms with Crippen LogP contribution in [0.1, 0.15) is 6.92 Å². The number of methoxy groups -OCH3 is 1. The Morgan fingerprint density at radius 1 is 1.50 bits per heavy atom. The molecule has 90 valence electrons. The molecule has 1 atom stereocenters. The van der Waals surface area contributed by atoms with Crippen LogP contribution < -0.4 is 4.72 Å². The number of nitrogens with one attached hydrogen (secondary N) is 1. The highest BCUT2D eigenvalue weighted by molar-refractivity contribution is 7.89. The second-order valence-electron chi connectivity index (χ2n) is 3.48. The maximum absolute atomic E-state index is 11.8. The molecule has 0 saturated heterocycles. The van der Waals surface area contributed by atoms with Gasteiger partial charge >= 0.3 is 0 Å². The SMILES string of the molecule is COCC(C)NS(=O)(=O)c1cccc(O)c1. The predicted molar refractivity (Wildman–Crippen MR) is 59.8 cm³/mol. The zero-order valence-electron chi connectivity index (χ0n) is 9.17. The van der Waals surface area contributed by atoms with E-state index in [2.05, 4.69) is 4.72 Å². The van der Waals surface area contributed by atoms with E-state index in [-0.39, 0.29) is 23.3 Å². The fourth-order valence-corrected chi connectivity index (χ4v) is 2.54. The first kappa shape index (κ1) is 13.0. The Kier molecular flexibility index (Phi) is 4.28. The molecule has 0 saturated carbocycles. The summed E-state index contributed by atoms with van der Waals surface area (Å²) in [4.78, 5) is 0.0375. The number of phenols is 1. The summed E-state index contributed by atoms with van der Waals surface area (Å²) in [5.74, 6) is -0.0812. The number of benzene rings is 1. The van der Waals surface area contributed by atoms with Crippen molar-refractivity contribution in [3.63, 3.8) is 0 Å². The van der Waals surface area contributed by atoms with Crippen molar-refractivity contribution in [2.45, 2.75) is 17.9 Å². The summed E-state index contributed by atoms with van der Waals surface area (Å²) in [6.07, 6.45) is 0. The minimum Gasteiger partial charge on any atom is -0.508 e. The molecular formula is C10H15NO4S. The smallest absolute Gasteiger partial charge is 0.241 e. The molecule has 0 bridgehead atoms. The van der Waals surface area contributed by atoms with Crippen molar-refractivity contribution in [1.29, 1.82) is 0 Å². The third-order valence-electron chi connectivity index (χ3n) is 1.90. The monoisotopic (exact) mass is 245 g/mol. The Morgan fingerprint density at radius 2 is 2.19 bits per heavy atom. The number of hydrogen-bond acceptors (Lipinski definition) is 4. The van der Waals surface area contributed by atoms with Crippen LogP contribution in [0.25, 0.3) is 0 Å². The van der Waals surface area contributed by atoms with Crippen molar-refractivity contribution in [2.24, 2.45) is 0 Å². The van der Waals surface area contributed by atoms with Crippen molar-refractivity contribution in [3.8, 4) is 5.75 Å². The molecule has 1 aromatic carbocycles. The molecule has 6 heteroatoms. The lowest BCUT2D eigenvalue weighted by atomic mass is 10.3. The maximum Gasteiger partial charge on any atom is 0.241 e. The number of ether oxygens (including phenoxy) is 1. The second-order valence-corrected chi connectivity index (χ2v) is 5.19. The highest BCUT2D eigenvalue weighted by atomic mass is 32.2. The summed E-state index contributed by atoms with van der Waals surface area (Å²) in [5.41, 5.74) is 0. The standard InChI is InChI=1S/C10H15NO4S/c1-8(7-15-2)11-16(13,14)10-5-3-4-9(12)6-10/h3-6,8,11-12H,7H2,1-2H3. The fourth-order valence-electron chi connectivity index (χ4n) is 1.27. The van der Waals surface area contributed by atoms with Crippen LogP contribution in [0.5, 0.6) is 5.75 Å². The molecule has 0 fully saturated rings. The molecule has 1 unspecified atom stereocenters. The number of hydrogen-bond donors (Lipinski definition) is 2. The zero-order chi connectivity index (χ0) is 12.2. The zero-order valence-corrected chi connectivity index (χ0v) is 9.99. The molecular weight excluding hydrogens is 230 g/mol. The summed E-state index contributed by atoms with van der Waals surface area (Å²) in [5, 5.41) is 9.20. The van der Waals surface area contributed by atoms with Gasteiger partial charge in [-0.15, -0.1) is 0 Å². The van der Waals surface area contributed by atoms with Crippen LogP contribution in [-0.2, 0) is 14.8 Å². The Morgan fingerprint density at radius 3 is 2.75 bits per heavy atom. The first-order valence-electron chi connectivity index (χ1n) is 4.76. The number of aromatic hydroxyl groups is 1. The Hall–Kier alpha value is -1.11. The van der Waals surface area contributed by atoms with Crippen LogP contribution in [0.4, 0.5) is 0 Å². The van der Waals surface area contributed by atoms with Gasteiger partial charge in [0, 0.05) is 13.2 Å². The molecule has 0 heterocycles. The Labute approximate surface area is 95.1 Å². The average Bonchev–Trinajstić information content (AvgIpc) is 2.17. The van der Waals surface area contributed by atoms with Crippen molar-refractivity contribution < 1.29 is 18.3 Å². The van der Waals surface area contributed by atoms with Gasteiger partial charge in [0.15, 0.2) is 0 Å². The lowest BCUT2D eigenvalue weighted by molar-refractivity contribution is 0.180. The Bertz CT molecular complexity index is 444. The van der Waals surface area contributed by atoms with Gasteiger partial charge in [-0.05, 0) is 25.1 Å². The van der Waals surface area contributed by atoms with E-state index in [1.165, 1.54) is 31.4 Å². The van der Waals surface area contributed by atoms with Gasteiger partial charge in [-0.2, -0.15) is 0 Å². The van der Waals surface area contributed by atoms with Gasteiger partial charge in [0.1, 0.15) is 5.75 Å². The molecule has 0 radical (unpaired) electrons. The lowest BCUT2D eigenvalue weighted by Crippen LogP contribution is -2.35. The number of phenolic OH excluding ortho intramolecular Hbond substituents is 1. The molecule has 2 N–H and O–H groups in total. The maximum atomic E-state index is 11.8. The van der Waals surface area contributed by atoms with Crippen LogP contribution in [-0.4, -0.2) is 33.3 Å². The van der Waals surface area contributed by atoms with Gasteiger partial charge in [-0.25, -0.2) is 13.1 Å². The van der Waals surface area contributed by atoms with Crippen LogP contribution >= 0.6 is 0 Å². The quantitative estimate of drug-likeness (QED) is 0.801. The molecule has 16 heavy (non-hydrogen) atoms. The summed E-state index contributed by atoms with van der Waals surface area (Å²) in [6.45, 7) is 1.99. The number of sulfonamides is 1. The van der Waals surface area contributed by atoms with Crippen LogP contribution in [0, 0.1) is 0 Å². The molecule has 0 aliphatic carbocycles. The van der Waals surface area contributed by atoms with E-state index in [9.17, 15) is 13.5 Å². The van der Waals surface area contributed by atoms with Gasteiger partial charge in [-0.1, -0.05) is 6.07 Å². The van der Waals surface area contributed by atoms with Crippen molar-refractivity contribution in [1.82, 2.24) is 4.72 Å². The first-order valence-corrected chi connectivity index (χ1v) is 6.24. The van der Waals surface area contributed by atoms with Gasteiger partial charge < -0.3 is 9.84 Å². The highest BCUT2D eigenvalue weighted by Crippen LogP contribution is 2.15. The van der Waals surface area contributed by atoms with Gasteiger partial charge in [0.05, 0.1) is 11.5 Å². The summed E-state index contributed by atoms with van der Waals surface area (Å²) in [7, 11) is -2.10. The predicted octanol–water partition coefficient (Wildman–Crippen LogP) is 0.705. The first-order chi connectivity index (χ1) is 7.45. The van der Waals surface area contributed by atoms with Crippen molar-refractivity contribution >= 4 is 10.0 Å². The molecule has 5 nitrogen and oxygen atoms in total. The van der Waals surface area contributed by atoms with Gasteiger partial charge in [0.25, 0.3) is 0 Å². The molecule has 0 spiro atoms. The molecule has 0 aliphatic heterocycles. The molecule has 1 rings (SSSR count). The van der Waals surface area contributed by atoms with E-state index in [0.29, 0.717) is 0 Å². The van der Waals surface area contributed by atoms with Crippen LogP contribution in [0.2, 0.25) is 0 Å². The van der Waals surface area contributed by atoms with E-state index in [4.69, 9.17) is 4.74 Å². The minimum atomic E-state index is -3.59. The Balaban J connectivity index is 2.86. The lowest BCUT2D eigenvalue weighted by Gasteiger charge is -2.13. The summed E-state index contributed by atoms with van der Waals surface area (Å²) < 4.78 is 30.9. The van der Waals surface area contributed by atoms with E-state index >= 15 is 0 Å². The van der Waals surface area contributed by atoms with E-state index < -0.39 is 10.0 Å². The third kappa shape index (κ3) is 3.48. The van der Waals surface area contributed by atoms with Gasteiger partial charge in [0.2, 0.25) is 10.0 Å². The van der Waals surface area contributed by atoms with Crippen LogP contribution in [0.15, 0.2) is 29.2 Å². The van der Waals surface area contributed by atoms with Crippen molar-refractivity contribution in [3.05, 3.63) is 24.3 Å². The van der Waals surface area contributed by atoms with E-state index in [1.807, 2.05) is 0 Å². The molecule has 1 aromatic rings. The second kappa shape index (κ2) is 5.29. The minimum absolute atomic E-state index is 0.0375. The summed E-state index contributed by atoms with van der Waals surface area (Å²) >= 11 is 0.